The van der Waals surface area contributed by atoms with Gasteiger partial charge in [-0.3, -0.25) is 9.59 Å². The molecule has 4 nitrogen and oxygen atoms in total. The molecule has 0 atom stereocenters. The second kappa shape index (κ2) is 7.43. The standard InChI is InChI=1S/C23H17ClN2O2S/c1-13-3-5-15(6-4-13)21(29)25-17-8-10-20(14(2)11-17)26-22(27)18-9-7-16(24)12-19(18)23(26)28/h3-12H,1-2H3,(H,25,29). The molecule has 0 radical (unpaired) electrons. The summed E-state index contributed by atoms with van der Waals surface area (Å²) in [7, 11) is 0. The van der Waals surface area contributed by atoms with E-state index in [2.05, 4.69) is 5.32 Å². The summed E-state index contributed by atoms with van der Waals surface area (Å²) in [5.74, 6) is -0.716. The summed E-state index contributed by atoms with van der Waals surface area (Å²) in [5.41, 5.74) is 4.88. The normalized spacial score (nSPS) is 12.9. The van der Waals surface area contributed by atoms with Crippen LogP contribution in [0.5, 0.6) is 0 Å². The molecule has 1 aliphatic heterocycles. The summed E-state index contributed by atoms with van der Waals surface area (Å²) >= 11 is 11.5. The van der Waals surface area contributed by atoms with Gasteiger partial charge in [-0.05, 0) is 55.8 Å². The van der Waals surface area contributed by atoms with Gasteiger partial charge in [-0.15, -0.1) is 0 Å². The first-order valence-corrected chi connectivity index (χ1v) is 9.81. The zero-order chi connectivity index (χ0) is 20.7. The van der Waals surface area contributed by atoms with Crippen molar-refractivity contribution in [3.63, 3.8) is 0 Å². The van der Waals surface area contributed by atoms with Crippen LogP contribution in [0.1, 0.15) is 37.4 Å². The Labute approximate surface area is 179 Å². The number of anilines is 2. The van der Waals surface area contributed by atoms with Crippen molar-refractivity contribution < 1.29 is 9.59 Å². The first kappa shape index (κ1) is 19.3. The molecular formula is C23H17ClN2O2S. The molecule has 0 aromatic heterocycles. The Balaban J connectivity index is 1.60. The third kappa shape index (κ3) is 3.55. The number of aryl methyl sites for hydroxylation is 2. The fourth-order valence-corrected chi connectivity index (χ4v) is 3.75. The number of carbonyl (C=O) groups excluding carboxylic acids is 2. The largest absolute Gasteiger partial charge is 0.346 e. The van der Waals surface area contributed by atoms with Crippen molar-refractivity contribution >= 4 is 52.0 Å². The van der Waals surface area contributed by atoms with Crippen LogP contribution in [0.4, 0.5) is 11.4 Å². The van der Waals surface area contributed by atoms with Crippen LogP contribution in [0.2, 0.25) is 5.02 Å². The SMILES string of the molecule is Cc1ccc(C(=S)Nc2ccc(N3C(=O)c4ccc(Cl)cc4C3=O)c(C)c2)cc1. The molecule has 144 valence electrons. The molecule has 1 N–H and O–H groups in total. The minimum Gasteiger partial charge on any atom is -0.346 e. The highest BCUT2D eigenvalue weighted by molar-refractivity contribution is 7.81. The first-order valence-electron chi connectivity index (χ1n) is 9.02. The van der Waals surface area contributed by atoms with E-state index in [0.717, 1.165) is 16.8 Å². The van der Waals surface area contributed by atoms with Gasteiger partial charge in [0.1, 0.15) is 4.99 Å². The molecule has 3 aromatic carbocycles. The van der Waals surface area contributed by atoms with Gasteiger partial charge >= 0.3 is 0 Å². The molecule has 1 heterocycles. The Morgan fingerprint density at radius 3 is 2.28 bits per heavy atom. The predicted molar refractivity (Wildman–Crippen MR) is 120 cm³/mol. The monoisotopic (exact) mass is 420 g/mol. The smallest absolute Gasteiger partial charge is 0.266 e. The Hall–Kier alpha value is -3.02. The minimum atomic E-state index is -0.369. The number of nitrogens with zero attached hydrogens (tertiary/aromatic N) is 1. The molecule has 6 heteroatoms. The number of nitrogens with one attached hydrogen (secondary N) is 1. The lowest BCUT2D eigenvalue weighted by Gasteiger charge is -2.18. The average Bonchev–Trinajstić information content (AvgIpc) is 2.93. The molecular weight excluding hydrogens is 404 g/mol. The van der Waals surface area contributed by atoms with Gasteiger partial charge < -0.3 is 5.32 Å². The van der Waals surface area contributed by atoms with Crippen molar-refractivity contribution in [3.8, 4) is 0 Å². The van der Waals surface area contributed by atoms with Gasteiger partial charge in [-0.25, -0.2) is 4.90 Å². The molecule has 0 aliphatic carbocycles. The van der Waals surface area contributed by atoms with E-state index in [1.54, 1.807) is 24.3 Å². The van der Waals surface area contributed by atoms with Gasteiger partial charge in [0.15, 0.2) is 0 Å². The highest BCUT2D eigenvalue weighted by atomic mass is 35.5. The van der Waals surface area contributed by atoms with Gasteiger partial charge in [-0.1, -0.05) is 53.6 Å². The van der Waals surface area contributed by atoms with Crippen LogP contribution < -0.4 is 10.2 Å². The zero-order valence-corrected chi connectivity index (χ0v) is 17.4. The van der Waals surface area contributed by atoms with Gasteiger partial charge in [-0.2, -0.15) is 0 Å². The molecule has 0 saturated heterocycles. The Bertz CT molecular complexity index is 1170. The molecule has 0 bridgehead atoms. The van der Waals surface area contributed by atoms with E-state index in [1.165, 1.54) is 16.5 Å². The molecule has 4 rings (SSSR count). The molecule has 3 aromatic rings. The molecule has 0 spiro atoms. The second-order valence-corrected chi connectivity index (χ2v) is 7.80. The zero-order valence-electron chi connectivity index (χ0n) is 15.8. The van der Waals surface area contributed by atoms with Crippen LogP contribution in [0, 0.1) is 13.8 Å². The molecule has 1 aliphatic rings. The van der Waals surface area contributed by atoms with Crippen molar-refractivity contribution in [2.75, 3.05) is 10.2 Å². The molecule has 0 unspecified atom stereocenters. The Kier molecular flexibility index (Phi) is 4.94. The maximum atomic E-state index is 12.8. The Morgan fingerprint density at radius 1 is 0.897 bits per heavy atom. The highest BCUT2D eigenvalue weighted by Gasteiger charge is 2.37. The summed E-state index contributed by atoms with van der Waals surface area (Å²) in [4.78, 5) is 27.4. The maximum absolute atomic E-state index is 12.8. The third-order valence-corrected chi connectivity index (χ3v) is 5.43. The van der Waals surface area contributed by atoms with Crippen LogP contribution in [0.25, 0.3) is 0 Å². The lowest BCUT2D eigenvalue weighted by atomic mass is 10.1. The number of fused-ring (bicyclic) bond motifs is 1. The van der Waals surface area contributed by atoms with E-state index in [9.17, 15) is 9.59 Å². The number of imide groups is 1. The van der Waals surface area contributed by atoms with Gasteiger partial charge in [0.05, 0.1) is 16.8 Å². The van der Waals surface area contributed by atoms with Crippen LogP contribution in [-0.2, 0) is 0 Å². The number of thiocarbonyl (C=S) groups is 1. The van der Waals surface area contributed by atoms with E-state index in [1.807, 2.05) is 44.2 Å². The fraction of sp³-hybridized carbons (Fsp3) is 0.0870. The fourth-order valence-electron chi connectivity index (χ4n) is 3.32. The lowest BCUT2D eigenvalue weighted by Crippen LogP contribution is -2.30. The van der Waals surface area contributed by atoms with Gasteiger partial charge in [0, 0.05) is 16.3 Å². The van der Waals surface area contributed by atoms with E-state index < -0.39 is 0 Å². The number of rotatable bonds is 3. The predicted octanol–water partition coefficient (Wildman–Crippen LogP) is 5.55. The van der Waals surface area contributed by atoms with E-state index in [4.69, 9.17) is 23.8 Å². The molecule has 29 heavy (non-hydrogen) atoms. The van der Waals surface area contributed by atoms with Crippen molar-refractivity contribution in [1.82, 2.24) is 0 Å². The number of hydrogen-bond donors (Lipinski definition) is 1. The highest BCUT2D eigenvalue weighted by Crippen LogP contribution is 2.33. The maximum Gasteiger partial charge on any atom is 0.266 e. The van der Waals surface area contributed by atoms with Gasteiger partial charge in [0.2, 0.25) is 0 Å². The molecule has 0 fully saturated rings. The topological polar surface area (TPSA) is 49.4 Å². The Morgan fingerprint density at radius 2 is 1.59 bits per heavy atom. The number of halogens is 1. The number of carbonyl (C=O) groups is 2. The number of amides is 2. The van der Waals surface area contributed by atoms with Crippen LogP contribution in [0.15, 0.2) is 60.7 Å². The summed E-state index contributed by atoms with van der Waals surface area (Å²) < 4.78 is 0. The van der Waals surface area contributed by atoms with Crippen molar-refractivity contribution in [1.29, 1.82) is 0 Å². The minimum absolute atomic E-state index is 0.324. The van der Waals surface area contributed by atoms with Crippen LogP contribution in [-0.4, -0.2) is 16.8 Å². The average molecular weight is 421 g/mol. The van der Waals surface area contributed by atoms with E-state index >= 15 is 0 Å². The van der Waals surface area contributed by atoms with E-state index in [0.29, 0.717) is 26.8 Å². The first-order chi connectivity index (χ1) is 13.8. The van der Waals surface area contributed by atoms with Crippen molar-refractivity contribution in [2.45, 2.75) is 13.8 Å². The lowest BCUT2D eigenvalue weighted by molar-refractivity contribution is 0.0926. The second-order valence-electron chi connectivity index (χ2n) is 6.96. The number of hydrogen-bond acceptors (Lipinski definition) is 3. The van der Waals surface area contributed by atoms with Crippen LogP contribution >= 0.6 is 23.8 Å². The quantitative estimate of drug-likeness (QED) is 0.446. The summed E-state index contributed by atoms with van der Waals surface area (Å²) in [6, 6.07) is 18.1. The van der Waals surface area contributed by atoms with Gasteiger partial charge in [0.25, 0.3) is 11.8 Å². The summed E-state index contributed by atoms with van der Waals surface area (Å²) in [5, 5.41) is 3.63. The van der Waals surface area contributed by atoms with Crippen LogP contribution in [0.3, 0.4) is 0 Å². The summed E-state index contributed by atoms with van der Waals surface area (Å²) in [6.45, 7) is 3.88. The molecule has 2 amide bonds. The van der Waals surface area contributed by atoms with E-state index in [-0.39, 0.29) is 11.8 Å². The molecule has 0 saturated carbocycles. The van der Waals surface area contributed by atoms with Crippen molar-refractivity contribution in [3.05, 3.63) is 93.5 Å². The summed E-state index contributed by atoms with van der Waals surface area (Å²) in [6.07, 6.45) is 0. The van der Waals surface area contributed by atoms with Crippen molar-refractivity contribution in [2.24, 2.45) is 0 Å². The third-order valence-electron chi connectivity index (χ3n) is 4.86. The number of benzene rings is 3.